The van der Waals surface area contributed by atoms with E-state index in [4.69, 9.17) is 17.3 Å². The summed E-state index contributed by atoms with van der Waals surface area (Å²) in [5, 5.41) is 0.377. The Balaban J connectivity index is 2.30. The molecule has 17 heavy (non-hydrogen) atoms. The molecule has 1 heterocycles. The number of nitrogens with zero attached hydrogens (tertiary/aromatic N) is 2. The molecule has 2 N–H and O–H groups in total. The van der Waals surface area contributed by atoms with Gasteiger partial charge in [0.15, 0.2) is 0 Å². The van der Waals surface area contributed by atoms with Crippen molar-refractivity contribution in [2.45, 2.75) is 0 Å². The summed E-state index contributed by atoms with van der Waals surface area (Å²) in [6.45, 7) is 0.121. The molecule has 1 aromatic rings. The molecule has 6 heteroatoms. The van der Waals surface area contributed by atoms with E-state index in [9.17, 15) is 9.59 Å². The topological polar surface area (TPSA) is 66.6 Å². The lowest BCUT2D eigenvalue weighted by atomic mass is 10.2. The van der Waals surface area contributed by atoms with Crippen LogP contribution in [0.4, 0.5) is 11.4 Å². The summed E-state index contributed by atoms with van der Waals surface area (Å²) in [5.74, 6) is -0.231. The highest BCUT2D eigenvalue weighted by atomic mass is 35.5. The van der Waals surface area contributed by atoms with Crippen LogP contribution in [0.25, 0.3) is 0 Å². The van der Waals surface area contributed by atoms with Gasteiger partial charge in [-0.25, -0.2) is 0 Å². The molecular weight excluding hydrogens is 242 g/mol. The van der Waals surface area contributed by atoms with Gasteiger partial charge in [-0.15, -0.1) is 0 Å². The zero-order valence-corrected chi connectivity index (χ0v) is 10.1. The smallest absolute Gasteiger partial charge is 0.247 e. The van der Waals surface area contributed by atoms with E-state index in [0.717, 1.165) is 0 Å². The minimum absolute atomic E-state index is 0.0373. The van der Waals surface area contributed by atoms with Crippen LogP contribution < -0.4 is 10.6 Å². The molecule has 1 aliphatic heterocycles. The zero-order chi connectivity index (χ0) is 12.6. The first-order valence-corrected chi connectivity index (χ1v) is 5.46. The third kappa shape index (κ3) is 2.19. The van der Waals surface area contributed by atoms with Gasteiger partial charge >= 0.3 is 0 Å². The fraction of sp³-hybridized carbons (Fsp3) is 0.273. The Morgan fingerprint density at radius 3 is 2.59 bits per heavy atom. The minimum atomic E-state index is -0.132. The largest absolute Gasteiger partial charge is 0.398 e. The Hall–Kier alpha value is -1.75. The maximum absolute atomic E-state index is 11.8. The van der Waals surface area contributed by atoms with Crippen LogP contribution in [-0.2, 0) is 9.59 Å². The molecular formula is C11H12ClN3O2. The number of amides is 2. The number of nitrogen functional groups attached to an aromatic ring is 1. The summed E-state index contributed by atoms with van der Waals surface area (Å²) in [6, 6.07) is 4.89. The molecule has 1 aliphatic rings. The van der Waals surface area contributed by atoms with Crippen molar-refractivity contribution in [3.05, 3.63) is 23.2 Å². The third-order valence-corrected chi connectivity index (χ3v) is 3.02. The van der Waals surface area contributed by atoms with Gasteiger partial charge in [-0.2, -0.15) is 0 Å². The van der Waals surface area contributed by atoms with Crippen molar-refractivity contribution < 1.29 is 9.59 Å². The first-order chi connectivity index (χ1) is 7.99. The molecule has 0 spiro atoms. The van der Waals surface area contributed by atoms with Gasteiger partial charge in [0.1, 0.15) is 6.54 Å². The molecule has 1 aromatic carbocycles. The van der Waals surface area contributed by atoms with Gasteiger partial charge < -0.3 is 15.5 Å². The molecule has 2 rings (SSSR count). The molecule has 0 unspecified atom stereocenters. The second-order valence-electron chi connectivity index (χ2n) is 3.94. The summed E-state index contributed by atoms with van der Waals surface area (Å²) >= 11 is 5.89. The number of carbonyl (C=O) groups excluding carboxylic acids is 2. The van der Waals surface area contributed by atoms with Crippen molar-refractivity contribution in [2.75, 3.05) is 30.8 Å². The van der Waals surface area contributed by atoms with Crippen LogP contribution in [0.2, 0.25) is 5.02 Å². The number of piperazine rings is 1. The molecule has 1 fully saturated rings. The summed E-state index contributed by atoms with van der Waals surface area (Å²) in [5.41, 5.74) is 6.63. The second-order valence-corrected chi connectivity index (χ2v) is 4.34. The van der Waals surface area contributed by atoms with Crippen molar-refractivity contribution in [3.8, 4) is 0 Å². The summed E-state index contributed by atoms with van der Waals surface area (Å²) in [6.07, 6.45) is 0. The number of hydrogen-bond donors (Lipinski definition) is 1. The zero-order valence-electron chi connectivity index (χ0n) is 9.31. The summed E-state index contributed by atoms with van der Waals surface area (Å²) < 4.78 is 0. The van der Waals surface area contributed by atoms with Crippen LogP contribution in [0.15, 0.2) is 18.2 Å². The van der Waals surface area contributed by atoms with E-state index in [1.807, 2.05) is 0 Å². The van der Waals surface area contributed by atoms with E-state index in [1.54, 1.807) is 25.2 Å². The van der Waals surface area contributed by atoms with Crippen molar-refractivity contribution in [3.63, 3.8) is 0 Å². The van der Waals surface area contributed by atoms with Crippen LogP contribution in [0.1, 0.15) is 0 Å². The molecule has 2 amide bonds. The number of benzene rings is 1. The average molecular weight is 254 g/mol. The lowest BCUT2D eigenvalue weighted by Gasteiger charge is -2.31. The van der Waals surface area contributed by atoms with E-state index < -0.39 is 0 Å². The van der Waals surface area contributed by atoms with Crippen LogP contribution >= 0.6 is 11.6 Å². The molecule has 0 aromatic heterocycles. The lowest BCUT2D eigenvalue weighted by molar-refractivity contribution is -0.136. The number of hydrogen-bond acceptors (Lipinski definition) is 3. The predicted molar refractivity (Wildman–Crippen MR) is 65.9 cm³/mol. The van der Waals surface area contributed by atoms with Crippen LogP contribution in [0, 0.1) is 0 Å². The molecule has 90 valence electrons. The third-order valence-electron chi connectivity index (χ3n) is 2.69. The highest BCUT2D eigenvalue weighted by Gasteiger charge is 2.28. The molecule has 0 aliphatic carbocycles. The second kappa shape index (κ2) is 4.25. The normalized spacial score (nSPS) is 16.6. The molecule has 0 atom stereocenters. The van der Waals surface area contributed by atoms with E-state index in [-0.39, 0.29) is 24.9 Å². The number of likely N-dealkylation sites (N-methyl/N-ethyl adjacent to an activating group) is 1. The SMILES string of the molecule is CN1CC(=O)N(c2ccc(N)c(Cl)c2)CC1=O. The van der Waals surface area contributed by atoms with E-state index in [2.05, 4.69) is 0 Å². The Kier molecular flexibility index (Phi) is 2.93. The fourth-order valence-corrected chi connectivity index (χ4v) is 1.81. The Bertz CT molecular complexity index is 490. The number of halogens is 1. The molecule has 0 radical (unpaired) electrons. The molecule has 1 saturated heterocycles. The van der Waals surface area contributed by atoms with Crippen LogP contribution in [0.5, 0.6) is 0 Å². The molecule has 5 nitrogen and oxygen atoms in total. The van der Waals surface area contributed by atoms with E-state index >= 15 is 0 Å². The van der Waals surface area contributed by atoms with Gasteiger partial charge in [0.05, 0.1) is 17.3 Å². The molecule has 0 bridgehead atoms. The highest BCUT2D eigenvalue weighted by Crippen LogP contribution is 2.26. The van der Waals surface area contributed by atoms with Gasteiger partial charge in [0.25, 0.3) is 0 Å². The van der Waals surface area contributed by atoms with Crippen LogP contribution in [0.3, 0.4) is 0 Å². The molecule has 0 saturated carbocycles. The summed E-state index contributed by atoms with van der Waals surface area (Å²) in [4.78, 5) is 26.2. The maximum Gasteiger partial charge on any atom is 0.247 e. The van der Waals surface area contributed by atoms with Crippen molar-refractivity contribution in [1.29, 1.82) is 0 Å². The number of anilines is 2. The monoisotopic (exact) mass is 253 g/mol. The van der Waals surface area contributed by atoms with Crippen molar-refractivity contribution >= 4 is 34.8 Å². The first-order valence-electron chi connectivity index (χ1n) is 5.08. The lowest BCUT2D eigenvalue weighted by Crippen LogP contribution is -2.52. The van der Waals surface area contributed by atoms with Crippen LogP contribution in [-0.4, -0.2) is 36.9 Å². The van der Waals surface area contributed by atoms with E-state index in [1.165, 1.54) is 9.80 Å². The van der Waals surface area contributed by atoms with Crippen molar-refractivity contribution in [1.82, 2.24) is 4.90 Å². The Labute approximate surface area is 104 Å². The van der Waals surface area contributed by atoms with E-state index in [0.29, 0.717) is 16.4 Å². The van der Waals surface area contributed by atoms with Gasteiger partial charge in [-0.1, -0.05) is 11.6 Å². The number of nitrogens with two attached hydrogens (primary N) is 1. The Morgan fingerprint density at radius 1 is 1.24 bits per heavy atom. The standard InChI is InChI=1S/C11H12ClN3O2/c1-14-5-11(17)15(6-10(14)16)7-2-3-9(13)8(12)4-7/h2-4H,5-6,13H2,1H3. The van der Waals surface area contributed by atoms with Gasteiger partial charge in [0, 0.05) is 12.7 Å². The van der Waals surface area contributed by atoms with Gasteiger partial charge in [0.2, 0.25) is 11.8 Å². The minimum Gasteiger partial charge on any atom is -0.398 e. The van der Waals surface area contributed by atoms with Crippen molar-refractivity contribution in [2.24, 2.45) is 0 Å². The van der Waals surface area contributed by atoms with Gasteiger partial charge in [-0.3, -0.25) is 9.59 Å². The fourth-order valence-electron chi connectivity index (χ4n) is 1.64. The Morgan fingerprint density at radius 2 is 1.94 bits per heavy atom. The van der Waals surface area contributed by atoms with Gasteiger partial charge in [-0.05, 0) is 18.2 Å². The maximum atomic E-state index is 11.8. The number of rotatable bonds is 1. The summed E-state index contributed by atoms with van der Waals surface area (Å²) in [7, 11) is 1.60. The first kappa shape index (κ1) is 11.7. The highest BCUT2D eigenvalue weighted by molar-refractivity contribution is 6.33. The average Bonchev–Trinajstić information content (AvgIpc) is 2.27. The predicted octanol–water partition coefficient (Wildman–Crippen LogP) is 0.727. The quantitative estimate of drug-likeness (QED) is 0.751. The number of carbonyl (C=O) groups is 2.